The fourth-order valence-corrected chi connectivity index (χ4v) is 4.89. The van der Waals surface area contributed by atoms with Crippen LogP contribution in [0.25, 0.3) is 11.3 Å². The predicted octanol–water partition coefficient (Wildman–Crippen LogP) is 5.19. The lowest BCUT2D eigenvalue weighted by molar-refractivity contribution is -0.116. The van der Waals surface area contributed by atoms with Gasteiger partial charge in [0.15, 0.2) is 4.34 Å². The van der Waals surface area contributed by atoms with Gasteiger partial charge in [-0.1, -0.05) is 59.8 Å². The van der Waals surface area contributed by atoms with Crippen molar-refractivity contribution >= 4 is 34.7 Å². The molecule has 1 aliphatic heterocycles. The first-order valence-electron chi connectivity index (χ1n) is 8.74. The summed E-state index contributed by atoms with van der Waals surface area (Å²) in [5, 5.41) is 2.06. The van der Waals surface area contributed by atoms with E-state index in [9.17, 15) is 4.79 Å². The molecule has 26 heavy (non-hydrogen) atoms. The molecule has 2 aromatic carbocycles. The Hall–Kier alpha value is -2.11. The summed E-state index contributed by atoms with van der Waals surface area (Å²) in [5.74, 6) is 0.587. The highest BCUT2D eigenvalue weighted by Gasteiger charge is 2.22. The molecule has 0 radical (unpaired) electrons. The van der Waals surface area contributed by atoms with Gasteiger partial charge in [0.25, 0.3) is 0 Å². The van der Waals surface area contributed by atoms with Crippen LogP contribution in [0.1, 0.15) is 17.5 Å². The maximum Gasteiger partial charge on any atom is 0.237 e. The van der Waals surface area contributed by atoms with E-state index >= 15 is 0 Å². The number of anilines is 1. The van der Waals surface area contributed by atoms with Gasteiger partial charge in [-0.3, -0.25) is 4.79 Å². The highest BCUT2D eigenvalue weighted by atomic mass is 32.2. The number of nitrogens with zero attached hydrogens (tertiary/aromatic N) is 2. The normalized spacial score (nSPS) is 13.5. The topological polar surface area (TPSA) is 33.2 Å². The Morgan fingerprint density at radius 1 is 1.19 bits per heavy atom. The van der Waals surface area contributed by atoms with Crippen molar-refractivity contribution in [3.63, 3.8) is 0 Å². The Morgan fingerprint density at radius 2 is 2.00 bits per heavy atom. The minimum Gasteiger partial charge on any atom is -0.311 e. The van der Waals surface area contributed by atoms with Crippen LogP contribution in [0.3, 0.4) is 0 Å². The van der Waals surface area contributed by atoms with Crippen molar-refractivity contribution in [2.24, 2.45) is 0 Å². The minimum atomic E-state index is 0.161. The Kier molecular flexibility index (Phi) is 5.09. The molecule has 0 atom stereocenters. The number of amides is 1. The Bertz CT molecular complexity index is 918. The van der Waals surface area contributed by atoms with E-state index in [4.69, 9.17) is 0 Å². The molecule has 0 saturated heterocycles. The molecule has 3 aromatic rings. The van der Waals surface area contributed by atoms with E-state index in [0.29, 0.717) is 5.75 Å². The molecular formula is C21H20N2OS2. The maximum absolute atomic E-state index is 12.7. The van der Waals surface area contributed by atoms with Crippen molar-refractivity contribution in [3.05, 3.63) is 65.0 Å². The molecule has 1 aliphatic rings. The third-order valence-corrected chi connectivity index (χ3v) is 6.57. The van der Waals surface area contributed by atoms with Gasteiger partial charge in [0.05, 0.1) is 11.4 Å². The van der Waals surface area contributed by atoms with Crippen molar-refractivity contribution in [1.82, 2.24) is 4.98 Å². The summed E-state index contributed by atoms with van der Waals surface area (Å²) in [7, 11) is 0. The van der Waals surface area contributed by atoms with E-state index in [1.807, 2.05) is 17.0 Å². The number of aromatic nitrogens is 1. The van der Waals surface area contributed by atoms with Crippen LogP contribution in [0, 0.1) is 6.92 Å². The average molecular weight is 381 g/mol. The molecule has 0 spiro atoms. The summed E-state index contributed by atoms with van der Waals surface area (Å²) in [6, 6.07) is 16.6. The second kappa shape index (κ2) is 7.64. The lowest BCUT2D eigenvalue weighted by Gasteiger charge is -2.29. The summed E-state index contributed by atoms with van der Waals surface area (Å²) in [4.78, 5) is 19.3. The zero-order valence-corrected chi connectivity index (χ0v) is 16.3. The molecule has 132 valence electrons. The average Bonchev–Trinajstić information content (AvgIpc) is 3.15. The smallest absolute Gasteiger partial charge is 0.237 e. The number of para-hydroxylation sites is 1. The molecule has 0 aliphatic carbocycles. The maximum atomic E-state index is 12.7. The quantitative estimate of drug-likeness (QED) is 0.584. The summed E-state index contributed by atoms with van der Waals surface area (Å²) >= 11 is 3.14. The molecule has 1 amide bonds. The first-order valence-corrected chi connectivity index (χ1v) is 10.6. The monoisotopic (exact) mass is 380 g/mol. The van der Waals surface area contributed by atoms with Crippen molar-refractivity contribution in [3.8, 4) is 11.3 Å². The molecule has 5 heteroatoms. The first kappa shape index (κ1) is 17.3. The van der Waals surface area contributed by atoms with Gasteiger partial charge in [-0.15, -0.1) is 11.3 Å². The largest absolute Gasteiger partial charge is 0.311 e. The summed E-state index contributed by atoms with van der Waals surface area (Å²) in [6.07, 6.45) is 2.09. The molecule has 3 nitrogen and oxygen atoms in total. The Balaban J connectivity index is 1.42. The van der Waals surface area contributed by atoms with Gasteiger partial charge in [-0.2, -0.15) is 0 Å². The first-order chi connectivity index (χ1) is 12.7. The van der Waals surface area contributed by atoms with Gasteiger partial charge < -0.3 is 4.90 Å². The van der Waals surface area contributed by atoms with E-state index < -0.39 is 0 Å². The molecule has 0 N–H and O–H groups in total. The Morgan fingerprint density at radius 3 is 2.85 bits per heavy atom. The van der Waals surface area contributed by atoms with Crippen molar-refractivity contribution in [2.75, 3.05) is 17.2 Å². The molecule has 0 bridgehead atoms. The number of hydrogen-bond donors (Lipinski definition) is 0. The zero-order valence-electron chi connectivity index (χ0n) is 14.6. The molecule has 0 saturated carbocycles. The molecule has 4 rings (SSSR count). The minimum absolute atomic E-state index is 0.161. The molecule has 2 heterocycles. The number of benzene rings is 2. The van der Waals surface area contributed by atoms with Crippen LogP contribution in [0.5, 0.6) is 0 Å². The van der Waals surface area contributed by atoms with Crippen molar-refractivity contribution in [1.29, 1.82) is 0 Å². The fraction of sp³-hybridized carbons (Fsp3) is 0.238. The molecular weight excluding hydrogens is 360 g/mol. The fourth-order valence-electron chi connectivity index (χ4n) is 3.17. The second-order valence-corrected chi connectivity index (χ2v) is 8.51. The summed E-state index contributed by atoms with van der Waals surface area (Å²) in [6.45, 7) is 2.89. The summed E-state index contributed by atoms with van der Waals surface area (Å²) in [5.41, 5.74) is 5.69. The molecule has 0 fully saturated rings. The number of fused-ring (bicyclic) bond motifs is 1. The van der Waals surface area contributed by atoms with Crippen molar-refractivity contribution in [2.45, 2.75) is 24.1 Å². The van der Waals surface area contributed by atoms with E-state index in [0.717, 1.165) is 40.7 Å². The highest BCUT2D eigenvalue weighted by molar-refractivity contribution is 8.01. The number of thioether (sulfide) groups is 1. The number of carbonyl (C=O) groups excluding carboxylic acids is 1. The third-order valence-electron chi connectivity index (χ3n) is 4.56. The predicted molar refractivity (Wildman–Crippen MR) is 110 cm³/mol. The van der Waals surface area contributed by atoms with Crippen LogP contribution in [0.15, 0.2) is 58.3 Å². The molecule has 0 unspecified atom stereocenters. The summed E-state index contributed by atoms with van der Waals surface area (Å²) < 4.78 is 0.944. The van der Waals surface area contributed by atoms with Crippen LogP contribution in [0.4, 0.5) is 5.69 Å². The number of thiazole rings is 1. The van der Waals surface area contributed by atoms with E-state index in [1.54, 1.807) is 11.3 Å². The van der Waals surface area contributed by atoms with Gasteiger partial charge in [-0.05, 0) is 31.4 Å². The van der Waals surface area contributed by atoms with Crippen LogP contribution in [-0.4, -0.2) is 23.2 Å². The highest BCUT2D eigenvalue weighted by Crippen LogP contribution is 2.31. The van der Waals surface area contributed by atoms with Gasteiger partial charge in [-0.25, -0.2) is 4.98 Å². The van der Waals surface area contributed by atoms with E-state index in [2.05, 4.69) is 53.7 Å². The van der Waals surface area contributed by atoms with Gasteiger partial charge >= 0.3 is 0 Å². The number of rotatable bonds is 4. The number of hydrogen-bond acceptors (Lipinski definition) is 4. The number of aryl methyl sites for hydroxylation is 2. The number of carbonyl (C=O) groups is 1. The van der Waals surface area contributed by atoms with E-state index in [-0.39, 0.29) is 5.91 Å². The van der Waals surface area contributed by atoms with Gasteiger partial charge in [0.2, 0.25) is 5.91 Å². The van der Waals surface area contributed by atoms with Crippen LogP contribution >= 0.6 is 23.1 Å². The lowest BCUT2D eigenvalue weighted by Crippen LogP contribution is -2.36. The third kappa shape index (κ3) is 3.69. The van der Waals surface area contributed by atoms with Crippen LogP contribution in [-0.2, 0) is 11.2 Å². The van der Waals surface area contributed by atoms with Crippen LogP contribution < -0.4 is 4.90 Å². The van der Waals surface area contributed by atoms with Gasteiger partial charge in [0.1, 0.15) is 0 Å². The van der Waals surface area contributed by atoms with Crippen molar-refractivity contribution < 1.29 is 4.79 Å². The van der Waals surface area contributed by atoms with E-state index in [1.165, 1.54) is 22.9 Å². The van der Waals surface area contributed by atoms with Gasteiger partial charge in [0, 0.05) is 23.2 Å². The Labute approximate surface area is 162 Å². The molecule has 1 aromatic heterocycles. The second-order valence-electron chi connectivity index (χ2n) is 6.43. The van der Waals surface area contributed by atoms with Crippen LogP contribution in [0.2, 0.25) is 0 Å². The SMILES string of the molecule is Cc1ccc(-c2csc(SCC(=O)N3CCCc4ccccc43)n2)cc1. The standard InChI is InChI=1S/C21H20N2OS2/c1-15-8-10-16(11-9-15)18-13-25-21(22-18)26-14-20(24)23-12-4-6-17-5-2-3-7-19(17)23/h2-3,5,7-11,13H,4,6,12,14H2,1H3. The lowest BCUT2D eigenvalue weighted by atomic mass is 10.0. The zero-order chi connectivity index (χ0) is 17.9.